The summed E-state index contributed by atoms with van der Waals surface area (Å²) in [6.45, 7) is -0.585. The van der Waals surface area contributed by atoms with Crippen molar-refractivity contribution in [3.8, 4) is 11.1 Å². The Balaban J connectivity index is 1.68. The lowest BCUT2D eigenvalue weighted by molar-refractivity contribution is -0.231. The highest BCUT2D eigenvalue weighted by atomic mass is 19.1. The quantitative estimate of drug-likeness (QED) is 0.525. The fraction of sp³-hybridized carbons (Fsp3) is 0.304. The van der Waals surface area contributed by atoms with Gasteiger partial charge in [-0.1, -0.05) is 36.4 Å². The number of alkyl halides is 1. The highest BCUT2D eigenvalue weighted by Gasteiger charge is 2.44. The highest BCUT2D eigenvalue weighted by molar-refractivity contribution is 5.68. The molecule has 0 saturated carbocycles. The molecule has 158 valence electrons. The Morgan fingerprint density at radius 2 is 1.53 bits per heavy atom. The molecule has 4 rings (SSSR count). The smallest absolute Gasteiger partial charge is 0.153 e. The predicted molar refractivity (Wildman–Crippen MR) is 105 cm³/mol. The second-order valence-electron chi connectivity index (χ2n) is 7.50. The summed E-state index contributed by atoms with van der Waals surface area (Å²) in [6.07, 6.45) is -8.63. The van der Waals surface area contributed by atoms with Crippen molar-refractivity contribution in [3.63, 3.8) is 0 Å². The van der Waals surface area contributed by atoms with Crippen LogP contribution in [-0.4, -0.2) is 51.4 Å². The molecule has 0 amide bonds. The van der Waals surface area contributed by atoms with Crippen molar-refractivity contribution in [2.75, 3.05) is 6.61 Å². The van der Waals surface area contributed by atoms with Crippen molar-refractivity contribution < 1.29 is 33.9 Å². The van der Waals surface area contributed by atoms with E-state index in [9.17, 15) is 24.8 Å². The summed E-state index contributed by atoms with van der Waals surface area (Å²) in [7, 11) is 0. The first-order valence-corrected chi connectivity index (χ1v) is 9.63. The van der Waals surface area contributed by atoms with Crippen molar-refractivity contribution >= 4 is 0 Å². The van der Waals surface area contributed by atoms with E-state index >= 15 is 4.39 Å². The van der Waals surface area contributed by atoms with Gasteiger partial charge in [0.15, 0.2) is 6.17 Å². The zero-order chi connectivity index (χ0) is 21.4. The van der Waals surface area contributed by atoms with Gasteiger partial charge in [-0.15, -0.1) is 0 Å². The number of ether oxygens (including phenoxy) is 1. The van der Waals surface area contributed by atoms with Gasteiger partial charge in [-0.2, -0.15) is 0 Å². The maximum absolute atomic E-state index is 15.3. The van der Waals surface area contributed by atoms with Crippen LogP contribution in [0, 0.1) is 5.82 Å². The third-order valence-corrected chi connectivity index (χ3v) is 5.56. The molecule has 30 heavy (non-hydrogen) atoms. The van der Waals surface area contributed by atoms with Crippen LogP contribution in [0.1, 0.15) is 29.0 Å². The molecular formula is C23H22F2O5. The van der Waals surface area contributed by atoms with Crippen LogP contribution in [0.3, 0.4) is 0 Å². The van der Waals surface area contributed by atoms with Crippen LogP contribution in [0.25, 0.3) is 11.1 Å². The van der Waals surface area contributed by atoms with Crippen LogP contribution < -0.4 is 0 Å². The summed E-state index contributed by atoms with van der Waals surface area (Å²) in [5.41, 5.74) is 1.94. The molecule has 4 N–H and O–H groups in total. The van der Waals surface area contributed by atoms with Gasteiger partial charge in [-0.05, 0) is 46.5 Å². The maximum Gasteiger partial charge on any atom is 0.153 e. The normalized spacial score (nSPS) is 27.9. The predicted octanol–water partition coefficient (Wildman–Crippen LogP) is 2.50. The molecule has 1 aliphatic heterocycles. The van der Waals surface area contributed by atoms with Crippen molar-refractivity contribution in [2.45, 2.75) is 36.7 Å². The first-order chi connectivity index (χ1) is 14.4. The standard InChI is InChI=1S/C23H22F2O5/c24-17-7-6-14(23-22(29)21(28)20(27)18(11-26)30-23)10-16(17)19(25)15-8-12-4-2-1-3-5-13(12)9-15/h1-10,18-23,26-29H,11H2. The molecule has 1 fully saturated rings. The number of fused-ring (bicyclic) bond motifs is 1. The third-order valence-electron chi connectivity index (χ3n) is 5.56. The summed E-state index contributed by atoms with van der Waals surface area (Å²) in [5, 5.41) is 39.6. The fourth-order valence-electron chi connectivity index (χ4n) is 3.88. The minimum Gasteiger partial charge on any atom is -0.394 e. The van der Waals surface area contributed by atoms with E-state index in [1.165, 1.54) is 12.1 Å². The summed E-state index contributed by atoms with van der Waals surface area (Å²) in [6, 6.07) is 16.1. The molecule has 6 atom stereocenters. The first kappa shape index (κ1) is 20.8. The van der Waals surface area contributed by atoms with Crippen molar-refractivity contribution in [3.05, 3.63) is 83.2 Å². The van der Waals surface area contributed by atoms with Gasteiger partial charge in [0.1, 0.15) is 36.3 Å². The van der Waals surface area contributed by atoms with E-state index in [-0.39, 0.29) is 11.1 Å². The number of aliphatic hydroxyl groups excluding tert-OH is 4. The zero-order valence-electron chi connectivity index (χ0n) is 15.9. The average Bonchev–Trinajstić information content (AvgIpc) is 3.03. The average molecular weight is 416 g/mol. The van der Waals surface area contributed by atoms with Gasteiger partial charge in [-0.25, -0.2) is 8.78 Å². The minimum absolute atomic E-state index is 0.230. The number of hydrogen-bond acceptors (Lipinski definition) is 5. The molecule has 0 spiro atoms. The molecule has 1 aromatic carbocycles. The Morgan fingerprint density at radius 3 is 2.17 bits per heavy atom. The maximum atomic E-state index is 15.3. The molecule has 0 aromatic heterocycles. The Kier molecular flexibility index (Phi) is 5.81. The fourth-order valence-corrected chi connectivity index (χ4v) is 3.88. The van der Waals surface area contributed by atoms with Gasteiger partial charge in [0.05, 0.1) is 6.61 Å². The van der Waals surface area contributed by atoms with E-state index in [0.717, 1.165) is 17.2 Å². The number of aliphatic hydroxyl groups is 4. The molecule has 1 aromatic rings. The van der Waals surface area contributed by atoms with Gasteiger partial charge >= 0.3 is 0 Å². The van der Waals surface area contributed by atoms with Crippen molar-refractivity contribution in [2.24, 2.45) is 0 Å². The summed E-state index contributed by atoms with van der Waals surface area (Å²) in [5.74, 6) is -0.758. The summed E-state index contributed by atoms with van der Waals surface area (Å²) >= 11 is 0. The third kappa shape index (κ3) is 3.71. The molecule has 6 unspecified atom stereocenters. The van der Waals surface area contributed by atoms with Crippen LogP contribution >= 0.6 is 0 Å². The van der Waals surface area contributed by atoms with Crippen LogP contribution in [-0.2, 0) is 4.74 Å². The number of hydrogen-bond donors (Lipinski definition) is 4. The summed E-state index contributed by atoms with van der Waals surface area (Å²) in [4.78, 5) is 0. The van der Waals surface area contributed by atoms with Gasteiger partial charge in [0.25, 0.3) is 0 Å². The van der Waals surface area contributed by atoms with E-state index in [4.69, 9.17) is 4.74 Å². The molecule has 0 bridgehead atoms. The van der Waals surface area contributed by atoms with E-state index in [0.29, 0.717) is 5.56 Å². The van der Waals surface area contributed by atoms with E-state index in [1.807, 2.05) is 30.3 Å². The summed E-state index contributed by atoms with van der Waals surface area (Å²) < 4.78 is 35.3. The molecule has 1 heterocycles. The van der Waals surface area contributed by atoms with Gasteiger partial charge in [0.2, 0.25) is 0 Å². The van der Waals surface area contributed by atoms with Crippen molar-refractivity contribution in [1.82, 2.24) is 0 Å². The SMILES string of the molecule is OCC1OC(c2ccc(F)c(C(F)c3cc4cccccc-4c3)c2)C(O)C(O)C1O. The Hall–Kier alpha value is -2.42. The largest absolute Gasteiger partial charge is 0.394 e. The Labute approximate surface area is 172 Å². The molecular weight excluding hydrogens is 394 g/mol. The van der Waals surface area contributed by atoms with Gasteiger partial charge in [0, 0.05) is 5.56 Å². The second kappa shape index (κ2) is 8.37. The lowest BCUT2D eigenvalue weighted by Crippen LogP contribution is -2.55. The monoisotopic (exact) mass is 416 g/mol. The van der Waals surface area contributed by atoms with E-state index < -0.39 is 49.1 Å². The van der Waals surface area contributed by atoms with Crippen LogP contribution in [0.4, 0.5) is 8.78 Å². The lowest BCUT2D eigenvalue weighted by Gasteiger charge is -2.40. The number of rotatable bonds is 4. The van der Waals surface area contributed by atoms with Crippen molar-refractivity contribution in [1.29, 1.82) is 0 Å². The van der Waals surface area contributed by atoms with Crippen LogP contribution in [0.5, 0.6) is 0 Å². The highest BCUT2D eigenvalue weighted by Crippen LogP contribution is 2.38. The van der Waals surface area contributed by atoms with Gasteiger partial charge < -0.3 is 25.2 Å². The molecule has 1 saturated heterocycles. The second-order valence-corrected chi connectivity index (χ2v) is 7.50. The first-order valence-electron chi connectivity index (χ1n) is 9.63. The zero-order valence-corrected chi connectivity index (χ0v) is 15.9. The topological polar surface area (TPSA) is 90.2 Å². The number of benzene rings is 1. The Bertz CT molecular complexity index is 964. The molecule has 3 aliphatic rings. The molecule has 5 nitrogen and oxygen atoms in total. The van der Waals surface area contributed by atoms with Gasteiger partial charge in [-0.3, -0.25) is 0 Å². The van der Waals surface area contributed by atoms with Crippen LogP contribution in [0.2, 0.25) is 0 Å². The minimum atomic E-state index is -1.76. The molecule has 7 heteroatoms. The van der Waals surface area contributed by atoms with E-state index in [2.05, 4.69) is 0 Å². The van der Waals surface area contributed by atoms with Crippen LogP contribution in [0.15, 0.2) is 60.7 Å². The molecule has 0 radical (unpaired) electrons. The Morgan fingerprint density at radius 1 is 0.867 bits per heavy atom. The van der Waals surface area contributed by atoms with E-state index in [1.54, 1.807) is 12.1 Å². The lowest BCUT2D eigenvalue weighted by atomic mass is 9.90. The number of halogens is 2. The molecule has 2 aliphatic carbocycles.